The van der Waals surface area contributed by atoms with Crippen molar-refractivity contribution in [2.45, 2.75) is 25.8 Å². The summed E-state index contributed by atoms with van der Waals surface area (Å²) in [6.45, 7) is 1.89. The van der Waals surface area contributed by atoms with E-state index in [1.807, 2.05) is 31.2 Å². The minimum absolute atomic E-state index is 0. The Labute approximate surface area is 136 Å². The lowest BCUT2D eigenvalue weighted by atomic mass is 10.1. The summed E-state index contributed by atoms with van der Waals surface area (Å²) in [7, 11) is 0. The number of benzene rings is 1. The van der Waals surface area contributed by atoms with Crippen LogP contribution in [0.3, 0.4) is 0 Å². The van der Waals surface area contributed by atoms with Crippen LogP contribution in [-0.2, 0) is 4.79 Å². The van der Waals surface area contributed by atoms with Crippen molar-refractivity contribution in [3.63, 3.8) is 0 Å². The van der Waals surface area contributed by atoms with E-state index in [2.05, 4.69) is 15.3 Å². The van der Waals surface area contributed by atoms with E-state index in [4.69, 9.17) is 5.73 Å². The minimum atomic E-state index is -0.0195. The number of nitrogens with two attached hydrogens (primary N) is 1. The summed E-state index contributed by atoms with van der Waals surface area (Å²) in [5.41, 5.74) is 7.34. The van der Waals surface area contributed by atoms with Gasteiger partial charge in [-0.05, 0) is 25.5 Å². The fourth-order valence-electron chi connectivity index (χ4n) is 1.75. The smallest absolute Gasteiger partial charge is 0.224 e. The number of H-pyrrole nitrogens is 1. The number of imidazole rings is 1. The normalized spacial score (nSPS) is 11.0. The number of aromatic amines is 1. The van der Waals surface area contributed by atoms with Crippen LogP contribution >= 0.6 is 24.8 Å². The van der Waals surface area contributed by atoms with Crippen LogP contribution in [0.25, 0.3) is 11.4 Å². The summed E-state index contributed by atoms with van der Waals surface area (Å²) in [5.74, 6) is 0.764. The number of anilines is 1. The quantitative estimate of drug-likeness (QED) is 0.787. The molecule has 2 aromatic rings. The Balaban J connectivity index is 0.00000200. The second-order valence-electron chi connectivity index (χ2n) is 4.58. The first-order valence-corrected chi connectivity index (χ1v) is 6.30. The molecule has 0 aliphatic carbocycles. The molecule has 1 atom stereocenters. The number of halogens is 2. The van der Waals surface area contributed by atoms with Crippen molar-refractivity contribution in [3.8, 4) is 11.4 Å². The molecule has 116 valence electrons. The third-order valence-corrected chi connectivity index (χ3v) is 2.74. The minimum Gasteiger partial charge on any atom is -0.345 e. The molecule has 0 saturated carbocycles. The maximum atomic E-state index is 11.7. The molecule has 0 saturated heterocycles. The summed E-state index contributed by atoms with van der Waals surface area (Å²) in [6, 6.07) is 7.62. The second kappa shape index (κ2) is 9.39. The Bertz CT molecular complexity index is 544. The van der Waals surface area contributed by atoms with E-state index in [-0.39, 0.29) is 36.8 Å². The maximum absolute atomic E-state index is 11.7. The van der Waals surface area contributed by atoms with Crippen molar-refractivity contribution in [3.05, 3.63) is 36.7 Å². The van der Waals surface area contributed by atoms with Crippen LogP contribution in [0.5, 0.6) is 0 Å². The molecular formula is C14H20Cl2N4O. The van der Waals surface area contributed by atoms with Crippen LogP contribution in [-0.4, -0.2) is 21.9 Å². The predicted molar refractivity (Wildman–Crippen MR) is 90.0 cm³/mol. The van der Waals surface area contributed by atoms with Gasteiger partial charge < -0.3 is 16.0 Å². The van der Waals surface area contributed by atoms with Gasteiger partial charge in [-0.2, -0.15) is 0 Å². The van der Waals surface area contributed by atoms with Crippen molar-refractivity contribution in [1.82, 2.24) is 9.97 Å². The molecule has 0 bridgehead atoms. The lowest BCUT2D eigenvalue weighted by Crippen LogP contribution is -2.19. The lowest BCUT2D eigenvalue weighted by molar-refractivity contribution is -0.116. The van der Waals surface area contributed by atoms with E-state index in [9.17, 15) is 4.79 Å². The molecule has 1 heterocycles. The van der Waals surface area contributed by atoms with Crippen molar-refractivity contribution < 1.29 is 4.79 Å². The van der Waals surface area contributed by atoms with Crippen LogP contribution in [0.1, 0.15) is 19.8 Å². The van der Waals surface area contributed by atoms with Crippen LogP contribution in [0, 0.1) is 0 Å². The number of carbonyl (C=O) groups excluding carboxylic acids is 1. The van der Waals surface area contributed by atoms with E-state index in [0.717, 1.165) is 17.1 Å². The largest absolute Gasteiger partial charge is 0.345 e. The highest BCUT2D eigenvalue weighted by Crippen LogP contribution is 2.19. The number of nitrogens with zero attached hydrogens (tertiary/aromatic N) is 1. The maximum Gasteiger partial charge on any atom is 0.224 e. The molecule has 0 aliphatic rings. The molecule has 1 aromatic carbocycles. The van der Waals surface area contributed by atoms with Gasteiger partial charge in [-0.3, -0.25) is 4.79 Å². The highest BCUT2D eigenvalue weighted by atomic mass is 35.5. The van der Waals surface area contributed by atoms with Gasteiger partial charge in [0.25, 0.3) is 0 Å². The Morgan fingerprint density at radius 1 is 1.43 bits per heavy atom. The first-order chi connectivity index (χ1) is 9.15. The molecule has 0 spiro atoms. The molecule has 0 aliphatic heterocycles. The van der Waals surface area contributed by atoms with E-state index < -0.39 is 0 Å². The highest BCUT2D eigenvalue weighted by molar-refractivity contribution is 5.91. The molecule has 4 N–H and O–H groups in total. The number of carbonyl (C=O) groups is 1. The molecule has 2 rings (SSSR count). The van der Waals surface area contributed by atoms with Crippen molar-refractivity contribution >= 4 is 36.4 Å². The monoisotopic (exact) mass is 330 g/mol. The average molecular weight is 331 g/mol. The molecule has 0 radical (unpaired) electrons. The standard InChI is InChI=1S/C14H18N4O.2ClH/c1-10(15)5-6-13(19)18-12-4-2-3-11(9-12)14-16-7-8-17-14;;/h2-4,7-10H,5-6,15H2,1H3,(H,16,17)(H,18,19);2*1H. The molecular weight excluding hydrogens is 311 g/mol. The second-order valence-corrected chi connectivity index (χ2v) is 4.58. The lowest BCUT2D eigenvalue weighted by Gasteiger charge is -2.08. The van der Waals surface area contributed by atoms with Crippen molar-refractivity contribution in [2.75, 3.05) is 5.32 Å². The van der Waals surface area contributed by atoms with E-state index in [1.165, 1.54) is 0 Å². The zero-order valence-electron chi connectivity index (χ0n) is 11.7. The zero-order valence-corrected chi connectivity index (χ0v) is 13.3. The molecule has 0 fully saturated rings. The van der Waals surface area contributed by atoms with Gasteiger partial charge in [0.1, 0.15) is 5.82 Å². The van der Waals surface area contributed by atoms with Gasteiger partial charge in [-0.15, -0.1) is 24.8 Å². The SMILES string of the molecule is CC(N)CCC(=O)Nc1cccc(-c2ncc[nH]2)c1.Cl.Cl. The predicted octanol–water partition coefficient (Wildman–Crippen LogP) is 2.99. The van der Waals surface area contributed by atoms with E-state index in [0.29, 0.717) is 12.8 Å². The van der Waals surface area contributed by atoms with Gasteiger partial charge in [-0.25, -0.2) is 4.98 Å². The number of amides is 1. The van der Waals surface area contributed by atoms with E-state index in [1.54, 1.807) is 12.4 Å². The van der Waals surface area contributed by atoms with Gasteiger partial charge in [0.05, 0.1) is 0 Å². The van der Waals surface area contributed by atoms with E-state index >= 15 is 0 Å². The third-order valence-electron chi connectivity index (χ3n) is 2.74. The molecule has 21 heavy (non-hydrogen) atoms. The van der Waals surface area contributed by atoms with Crippen LogP contribution < -0.4 is 11.1 Å². The Kier molecular flexibility index (Phi) is 8.69. The van der Waals surface area contributed by atoms with Gasteiger partial charge in [0, 0.05) is 36.1 Å². The fraction of sp³-hybridized carbons (Fsp3) is 0.286. The van der Waals surface area contributed by atoms with Crippen LogP contribution in [0.2, 0.25) is 0 Å². The van der Waals surface area contributed by atoms with Gasteiger partial charge in [0.15, 0.2) is 0 Å². The Morgan fingerprint density at radius 3 is 2.81 bits per heavy atom. The Morgan fingerprint density at radius 2 is 2.19 bits per heavy atom. The van der Waals surface area contributed by atoms with Crippen molar-refractivity contribution in [2.24, 2.45) is 5.73 Å². The van der Waals surface area contributed by atoms with Crippen LogP contribution in [0.15, 0.2) is 36.7 Å². The summed E-state index contributed by atoms with van der Waals surface area (Å²) >= 11 is 0. The first kappa shape index (κ1) is 19.4. The molecule has 7 heteroatoms. The molecule has 1 unspecified atom stereocenters. The topological polar surface area (TPSA) is 83.8 Å². The summed E-state index contributed by atoms with van der Waals surface area (Å²) in [4.78, 5) is 18.9. The number of nitrogens with one attached hydrogen (secondary N) is 2. The summed E-state index contributed by atoms with van der Waals surface area (Å²) in [6.07, 6.45) is 4.58. The fourth-order valence-corrected chi connectivity index (χ4v) is 1.75. The Hall–Kier alpha value is -1.56. The number of rotatable bonds is 5. The average Bonchev–Trinajstić information content (AvgIpc) is 2.90. The first-order valence-electron chi connectivity index (χ1n) is 6.30. The molecule has 1 aromatic heterocycles. The zero-order chi connectivity index (χ0) is 13.7. The van der Waals surface area contributed by atoms with Gasteiger partial charge in [0.2, 0.25) is 5.91 Å². The highest BCUT2D eigenvalue weighted by Gasteiger charge is 2.06. The molecule has 5 nitrogen and oxygen atoms in total. The molecule has 1 amide bonds. The summed E-state index contributed by atoms with van der Waals surface area (Å²) in [5, 5.41) is 2.86. The summed E-state index contributed by atoms with van der Waals surface area (Å²) < 4.78 is 0. The number of hydrogen-bond donors (Lipinski definition) is 3. The third kappa shape index (κ3) is 6.16. The van der Waals surface area contributed by atoms with Gasteiger partial charge in [-0.1, -0.05) is 12.1 Å². The number of aromatic nitrogens is 2. The van der Waals surface area contributed by atoms with Crippen LogP contribution in [0.4, 0.5) is 5.69 Å². The van der Waals surface area contributed by atoms with Gasteiger partial charge >= 0.3 is 0 Å². The van der Waals surface area contributed by atoms with Crippen molar-refractivity contribution in [1.29, 1.82) is 0 Å². The number of hydrogen-bond acceptors (Lipinski definition) is 3.